The maximum Gasteiger partial charge on any atom is 0.322 e. The summed E-state index contributed by atoms with van der Waals surface area (Å²) in [6.07, 6.45) is 1.46. The first-order valence-electron chi connectivity index (χ1n) is 7.45. The van der Waals surface area contributed by atoms with Gasteiger partial charge in [-0.05, 0) is 30.5 Å². The highest BCUT2D eigenvalue weighted by Crippen LogP contribution is 2.48. The van der Waals surface area contributed by atoms with Gasteiger partial charge in [-0.3, -0.25) is 4.79 Å². The Labute approximate surface area is 138 Å². The van der Waals surface area contributed by atoms with E-state index in [0.717, 1.165) is 18.4 Å². The molecule has 2 aromatic rings. The first-order chi connectivity index (χ1) is 11.6. The molecular formula is C16H17FN4O3. The highest BCUT2D eigenvalue weighted by atomic mass is 19.1. The molecule has 0 radical (unpaired) electrons. The fourth-order valence-corrected chi connectivity index (χ4v) is 2.51. The van der Waals surface area contributed by atoms with E-state index in [0.29, 0.717) is 5.82 Å². The van der Waals surface area contributed by atoms with Crippen LogP contribution in [0.4, 0.5) is 4.39 Å². The maximum atomic E-state index is 13.1. The van der Waals surface area contributed by atoms with Gasteiger partial charge in [0.25, 0.3) is 0 Å². The van der Waals surface area contributed by atoms with E-state index >= 15 is 0 Å². The molecule has 0 bridgehead atoms. The lowest BCUT2D eigenvalue weighted by atomic mass is 9.95. The molecular weight excluding hydrogens is 315 g/mol. The number of rotatable bonds is 6. The lowest BCUT2D eigenvalue weighted by molar-refractivity contribution is -0.123. The zero-order valence-electron chi connectivity index (χ0n) is 13.4. The molecule has 1 aliphatic carbocycles. The van der Waals surface area contributed by atoms with Crippen molar-refractivity contribution >= 4 is 5.91 Å². The molecule has 1 aromatic heterocycles. The molecule has 0 atom stereocenters. The molecule has 1 heterocycles. The van der Waals surface area contributed by atoms with Crippen molar-refractivity contribution in [2.24, 2.45) is 0 Å². The number of ether oxygens (including phenoxy) is 2. The van der Waals surface area contributed by atoms with Crippen molar-refractivity contribution in [3.05, 3.63) is 41.5 Å². The van der Waals surface area contributed by atoms with E-state index in [-0.39, 0.29) is 30.3 Å². The van der Waals surface area contributed by atoms with Gasteiger partial charge < -0.3 is 14.8 Å². The van der Waals surface area contributed by atoms with E-state index in [4.69, 9.17) is 9.47 Å². The van der Waals surface area contributed by atoms with Gasteiger partial charge in [0.05, 0.1) is 26.2 Å². The van der Waals surface area contributed by atoms with Crippen molar-refractivity contribution in [3.8, 4) is 12.0 Å². The average molecular weight is 332 g/mol. The van der Waals surface area contributed by atoms with Crippen molar-refractivity contribution in [3.63, 3.8) is 0 Å². The third kappa shape index (κ3) is 3.12. The lowest BCUT2D eigenvalue weighted by Crippen LogP contribution is -2.34. The van der Waals surface area contributed by atoms with Gasteiger partial charge >= 0.3 is 12.0 Å². The summed E-state index contributed by atoms with van der Waals surface area (Å²) >= 11 is 0. The summed E-state index contributed by atoms with van der Waals surface area (Å²) in [5.41, 5.74) is 0.224. The van der Waals surface area contributed by atoms with Gasteiger partial charge in [0, 0.05) is 0 Å². The monoisotopic (exact) mass is 332 g/mol. The molecule has 0 spiro atoms. The lowest BCUT2D eigenvalue weighted by Gasteiger charge is -2.15. The number of halogens is 1. The van der Waals surface area contributed by atoms with E-state index < -0.39 is 5.41 Å². The maximum absolute atomic E-state index is 13.1. The Morgan fingerprint density at radius 2 is 1.71 bits per heavy atom. The molecule has 1 N–H and O–H groups in total. The smallest absolute Gasteiger partial charge is 0.322 e. The van der Waals surface area contributed by atoms with E-state index in [9.17, 15) is 9.18 Å². The SMILES string of the molecule is COc1nc(CNC(=O)C2(c3ccc(F)cc3)CC2)nc(OC)n1. The summed E-state index contributed by atoms with van der Waals surface area (Å²) < 4.78 is 23.0. The fourth-order valence-electron chi connectivity index (χ4n) is 2.51. The zero-order chi connectivity index (χ0) is 17.2. The first kappa shape index (κ1) is 16.1. The van der Waals surface area contributed by atoms with E-state index in [1.54, 1.807) is 12.1 Å². The van der Waals surface area contributed by atoms with Gasteiger partial charge in [-0.2, -0.15) is 9.97 Å². The summed E-state index contributed by atoms with van der Waals surface area (Å²) in [4.78, 5) is 24.6. The molecule has 24 heavy (non-hydrogen) atoms. The quantitative estimate of drug-likeness (QED) is 0.860. The molecule has 7 nitrogen and oxygen atoms in total. The number of hydrogen-bond acceptors (Lipinski definition) is 6. The average Bonchev–Trinajstić information content (AvgIpc) is 3.41. The summed E-state index contributed by atoms with van der Waals surface area (Å²) in [6, 6.07) is 6.26. The van der Waals surface area contributed by atoms with E-state index in [1.807, 2.05) is 0 Å². The van der Waals surface area contributed by atoms with Crippen LogP contribution in [0, 0.1) is 5.82 Å². The van der Waals surface area contributed by atoms with Crippen LogP contribution in [0.1, 0.15) is 24.2 Å². The van der Waals surface area contributed by atoms with Crippen LogP contribution in [0.2, 0.25) is 0 Å². The number of benzene rings is 1. The zero-order valence-corrected chi connectivity index (χ0v) is 13.4. The second-order valence-electron chi connectivity index (χ2n) is 5.50. The highest BCUT2D eigenvalue weighted by Gasteiger charge is 2.51. The Kier molecular flexibility index (Phi) is 4.28. The van der Waals surface area contributed by atoms with Gasteiger partial charge in [-0.15, -0.1) is 4.98 Å². The first-order valence-corrected chi connectivity index (χ1v) is 7.45. The molecule has 3 rings (SSSR count). The van der Waals surface area contributed by atoms with Crippen LogP contribution >= 0.6 is 0 Å². The van der Waals surface area contributed by atoms with Crippen molar-refractivity contribution in [1.29, 1.82) is 0 Å². The van der Waals surface area contributed by atoms with Crippen LogP contribution in [-0.2, 0) is 16.8 Å². The topological polar surface area (TPSA) is 86.2 Å². The molecule has 0 unspecified atom stereocenters. The molecule has 1 amide bonds. The summed E-state index contributed by atoms with van der Waals surface area (Å²) in [5, 5.41) is 2.82. The number of nitrogens with zero attached hydrogens (tertiary/aromatic N) is 3. The van der Waals surface area contributed by atoms with Gasteiger partial charge in [-0.1, -0.05) is 12.1 Å². The Bertz CT molecular complexity index is 725. The van der Waals surface area contributed by atoms with Gasteiger partial charge in [0.1, 0.15) is 5.82 Å². The van der Waals surface area contributed by atoms with Crippen molar-refractivity contribution < 1.29 is 18.7 Å². The minimum atomic E-state index is -0.588. The fraction of sp³-hybridized carbons (Fsp3) is 0.375. The van der Waals surface area contributed by atoms with Crippen LogP contribution in [0.25, 0.3) is 0 Å². The van der Waals surface area contributed by atoms with Crippen molar-refractivity contribution in [2.75, 3.05) is 14.2 Å². The summed E-state index contributed by atoms with van der Waals surface area (Å²) in [6.45, 7) is 0.122. The number of methoxy groups -OCH3 is 2. The highest BCUT2D eigenvalue weighted by molar-refractivity contribution is 5.91. The number of carbonyl (C=O) groups is 1. The second-order valence-corrected chi connectivity index (χ2v) is 5.50. The Balaban J connectivity index is 1.71. The molecule has 8 heteroatoms. The number of nitrogens with one attached hydrogen (secondary N) is 1. The van der Waals surface area contributed by atoms with Crippen LogP contribution in [-0.4, -0.2) is 35.1 Å². The number of aromatic nitrogens is 3. The summed E-state index contributed by atoms with van der Waals surface area (Å²) in [7, 11) is 2.87. The molecule has 0 aliphatic heterocycles. The normalized spacial score (nSPS) is 14.8. The number of amides is 1. The molecule has 0 saturated heterocycles. The largest absolute Gasteiger partial charge is 0.467 e. The van der Waals surface area contributed by atoms with E-state index in [2.05, 4.69) is 20.3 Å². The van der Waals surface area contributed by atoms with Crippen LogP contribution < -0.4 is 14.8 Å². The predicted octanol–water partition coefficient (Wildman–Crippen LogP) is 1.38. The Hall–Kier alpha value is -2.77. The summed E-state index contributed by atoms with van der Waals surface area (Å²) in [5.74, 6) is -0.117. The van der Waals surface area contributed by atoms with Crippen molar-refractivity contribution in [1.82, 2.24) is 20.3 Å². The third-order valence-electron chi connectivity index (χ3n) is 3.99. The Morgan fingerprint density at radius 3 is 2.21 bits per heavy atom. The van der Waals surface area contributed by atoms with Crippen LogP contribution in [0.15, 0.2) is 24.3 Å². The molecule has 1 aromatic carbocycles. The van der Waals surface area contributed by atoms with Crippen LogP contribution in [0.3, 0.4) is 0 Å². The predicted molar refractivity (Wildman–Crippen MR) is 82.1 cm³/mol. The van der Waals surface area contributed by atoms with Gasteiger partial charge in [0.2, 0.25) is 5.91 Å². The van der Waals surface area contributed by atoms with Gasteiger partial charge in [-0.25, -0.2) is 4.39 Å². The molecule has 1 aliphatic rings. The standard InChI is InChI=1S/C16H17FN4O3/c1-23-14-19-12(20-15(21-14)24-2)9-18-13(22)16(7-8-16)10-3-5-11(17)6-4-10/h3-6H,7-9H2,1-2H3,(H,18,22). The minimum absolute atomic E-state index is 0.116. The Morgan fingerprint density at radius 1 is 1.12 bits per heavy atom. The minimum Gasteiger partial charge on any atom is -0.467 e. The third-order valence-corrected chi connectivity index (χ3v) is 3.99. The van der Waals surface area contributed by atoms with Gasteiger partial charge in [0.15, 0.2) is 5.82 Å². The van der Waals surface area contributed by atoms with E-state index in [1.165, 1.54) is 26.4 Å². The number of carbonyl (C=O) groups excluding carboxylic acids is 1. The van der Waals surface area contributed by atoms with Crippen LogP contribution in [0.5, 0.6) is 12.0 Å². The number of hydrogen-bond donors (Lipinski definition) is 1. The second kappa shape index (κ2) is 6.38. The van der Waals surface area contributed by atoms with Crippen molar-refractivity contribution in [2.45, 2.75) is 24.8 Å². The molecule has 1 fully saturated rings. The molecule has 1 saturated carbocycles. The molecule has 126 valence electrons.